The first-order valence-corrected chi connectivity index (χ1v) is 11.9. The van der Waals surface area contributed by atoms with Crippen LogP contribution in [0.1, 0.15) is 16.7 Å². The number of nitrogens with zero attached hydrogens (tertiary/aromatic N) is 1. The highest BCUT2D eigenvalue weighted by Gasteiger charge is 2.33. The van der Waals surface area contributed by atoms with Gasteiger partial charge in [-0.2, -0.15) is 13.2 Å². The number of fused-ring (bicyclic) bond motifs is 1. The van der Waals surface area contributed by atoms with Crippen molar-refractivity contribution in [1.82, 2.24) is 0 Å². The van der Waals surface area contributed by atoms with Crippen molar-refractivity contribution in [1.29, 1.82) is 0 Å². The number of benzene rings is 3. The van der Waals surface area contributed by atoms with Crippen LogP contribution in [0.3, 0.4) is 0 Å². The van der Waals surface area contributed by atoms with Gasteiger partial charge in [-0.25, -0.2) is 8.42 Å². The van der Waals surface area contributed by atoms with Gasteiger partial charge >= 0.3 is 6.18 Å². The molecule has 3 aromatic carbocycles. The predicted octanol–water partition coefficient (Wildman–Crippen LogP) is 5.09. The van der Waals surface area contributed by atoms with Crippen molar-refractivity contribution in [3.63, 3.8) is 0 Å². The second-order valence-corrected chi connectivity index (χ2v) is 9.44. The average Bonchev–Trinajstić information content (AvgIpc) is 2.82. The lowest BCUT2D eigenvalue weighted by Gasteiger charge is -2.32. The van der Waals surface area contributed by atoms with Crippen LogP contribution in [0.5, 0.6) is 11.5 Å². The van der Waals surface area contributed by atoms with Gasteiger partial charge in [0.05, 0.1) is 31.2 Å². The zero-order valence-corrected chi connectivity index (χ0v) is 19.3. The van der Waals surface area contributed by atoms with Crippen LogP contribution in [-0.2, 0) is 29.2 Å². The molecule has 3 aromatic rings. The molecule has 1 aliphatic rings. The van der Waals surface area contributed by atoms with Crippen LogP contribution in [0.25, 0.3) is 0 Å². The van der Waals surface area contributed by atoms with Gasteiger partial charge < -0.3 is 14.4 Å². The number of hydrogen-bond donors (Lipinski definition) is 1. The molecule has 1 aliphatic heterocycles. The lowest BCUT2D eigenvalue weighted by Crippen LogP contribution is -2.31. The number of nitrogens with one attached hydrogen (secondary N) is 1. The number of halogens is 3. The van der Waals surface area contributed by atoms with Gasteiger partial charge in [-0.1, -0.05) is 24.3 Å². The number of methoxy groups -OCH3 is 2. The summed E-state index contributed by atoms with van der Waals surface area (Å²) < 4.78 is 79.7. The number of alkyl halides is 3. The molecule has 0 spiro atoms. The molecule has 4 rings (SSSR count). The van der Waals surface area contributed by atoms with Gasteiger partial charge in [-0.15, -0.1) is 0 Å². The summed E-state index contributed by atoms with van der Waals surface area (Å²) >= 11 is 0. The van der Waals surface area contributed by atoms with Crippen molar-refractivity contribution >= 4 is 21.4 Å². The Hall–Kier alpha value is -3.40. The van der Waals surface area contributed by atoms with Crippen LogP contribution in [0.4, 0.5) is 24.5 Å². The molecule has 0 bridgehead atoms. The largest absolute Gasteiger partial charge is 0.497 e. The third-order valence-corrected chi connectivity index (χ3v) is 7.09. The van der Waals surface area contributed by atoms with Gasteiger partial charge in [0, 0.05) is 19.2 Å². The molecule has 1 N–H and O–H groups in total. The van der Waals surface area contributed by atoms with Gasteiger partial charge in [0.25, 0.3) is 10.0 Å². The van der Waals surface area contributed by atoms with Gasteiger partial charge in [0.15, 0.2) is 0 Å². The first-order chi connectivity index (χ1) is 16.1. The number of anilines is 2. The smallest absolute Gasteiger partial charge is 0.416 e. The molecule has 0 aliphatic carbocycles. The zero-order chi connectivity index (χ0) is 24.5. The van der Waals surface area contributed by atoms with E-state index in [1.165, 1.54) is 38.5 Å². The Bertz CT molecular complexity index is 1310. The molecule has 6 nitrogen and oxygen atoms in total. The molecule has 0 unspecified atom stereocenters. The summed E-state index contributed by atoms with van der Waals surface area (Å²) in [5.41, 5.74) is 1.43. The number of sulfonamides is 1. The van der Waals surface area contributed by atoms with E-state index in [0.717, 1.165) is 23.3 Å². The lowest BCUT2D eigenvalue weighted by molar-refractivity contribution is -0.137. The molecule has 0 atom stereocenters. The number of ether oxygens (including phenoxy) is 2. The van der Waals surface area contributed by atoms with Crippen molar-refractivity contribution in [3.8, 4) is 11.5 Å². The second-order valence-electron chi connectivity index (χ2n) is 7.79. The van der Waals surface area contributed by atoms with Crippen molar-refractivity contribution in [3.05, 3.63) is 77.4 Å². The predicted molar refractivity (Wildman–Crippen MR) is 123 cm³/mol. The minimum Gasteiger partial charge on any atom is -0.497 e. The van der Waals surface area contributed by atoms with Crippen LogP contribution in [-0.4, -0.2) is 29.2 Å². The van der Waals surface area contributed by atoms with Crippen LogP contribution in [0.2, 0.25) is 0 Å². The maximum atomic E-state index is 13.5. The van der Waals surface area contributed by atoms with Crippen LogP contribution in [0, 0.1) is 0 Å². The molecule has 34 heavy (non-hydrogen) atoms. The first-order valence-electron chi connectivity index (χ1n) is 10.4. The van der Waals surface area contributed by atoms with Crippen molar-refractivity contribution in [2.45, 2.75) is 24.0 Å². The van der Waals surface area contributed by atoms with Crippen LogP contribution < -0.4 is 19.1 Å². The maximum absolute atomic E-state index is 13.5. The highest BCUT2D eigenvalue weighted by Crippen LogP contribution is 2.39. The fraction of sp³-hybridized carbons (Fsp3) is 0.250. The molecule has 0 saturated carbocycles. The fourth-order valence-electron chi connectivity index (χ4n) is 3.96. The minimum absolute atomic E-state index is 0.0359. The molecular formula is C24H23F3N2O4S. The van der Waals surface area contributed by atoms with E-state index in [1.807, 2.05) is 29.2 Å². The van der Waals surface area contributed by atoms with Gasteiger partial charge in [-0.05, 0) is 47.9 Å². The van der Waals surface area contributed by atoms with Gasteiger partial charge in [-0.3, -0.25) is 4.72 Å². The SMILES string of the molecule is COc1ccc(OC)c(S(=O)(=O)Nc2cc(C(F)(F)F)ccc2N2CCc3ccccc3C2)c1. The highest BCUT2D eigenvalue weighted by molar-refractivity contribution is 7.92. The maximum Gasteiger partial charge on any atom is 0.416 e. The standard InChI is InChI=1S/C24H23F3N2O4S/c1-32-19-8-10-22(33-2)23(14-19)34(30,31)28-20-13-18(24(25,26)27)7-9-21(20)29-12-11-16-5-3-4-6-17(16)15-29/h3-10,13-14,28H,11-12,15H2,1-2H3. The quantitative estimate of drug-likeness (QED) is 0.520. The Morgan fingerprint density at radius 2 is 1.68 bits per heavy atom. The summed E-state index contributed by atoms with van der Waals surface area (Å²) in [7, 11) is -1.63. The molecule has 0 saturated heterocycles. The lowest BCUT2D eigenvalue weighted by atomic mass is 9.99. The highest BCUT2D eigenvalue weighted by atomic mass is 32.2. The van der Waals surface area contributed by atoms with Crippen LogP contribution >= 0.6 is 0 Å². The van der Waals surface area contributed by atoms with E-state index in [1.54, 1.807) is 0 Å². The van der Waals surface area contributed by atoms with E-state index in [0.29, 0.717) is 25.2 Å². The summed E-state index contributed by atoms with van der Waals surface area (Å²) in [5, 5.41) is 0. The summed E-state index contributed by atoms with van der Waals surface area (Å²) in [6.45, 7) is 0.971. The molecule has 0 fully saturated rings. The Morgan fingerprint density at radius 3 is 2.35 bits per heavy atom. The molecule has 180 valence electrons. The Labute approximate surface area is 196 Å². The summed E-state index contributed by atoms with van der Waals surface area (Å²) in [6, 6.07) is 15.1. The van der Waals surface area contributed by atoms with E-state index >= 15 is 0 Å². The molecule has 0 radical (unpaired) electrons. The number of rotatable bonds is 6. The first kappa shape index (κ1) is 23.7. The Morgan fingerprint density at radius 1 is 0.941 bits per heavy atom. The van der Waals surface area contributed by atoms with E-state index in [2.05, 4.69) is 4.72 Å². The molecular weight excluding hydrogens is 469 g/mol. The van der Waals surface area contributed by atoms with E-state index < -0.39 is 21.8 Å². The molecule has 0 amide bonds. The van der Waals surface area contributed by atoms with Crippen molar-refractivity contribution in [2.75, 3.05) is 30.4 Å². The third-order valence-electron chi connectivity index (χ3n) is 5.70. The van der Waals surface area contributed by atoms with E-state index in [9.17, 15) is 21.6 Å². The molecule has 0 aromatic heterocycles. The third kappa shape index (κ3) is 4.77. The van der Waals surface area contributed by atoms with Gasteiger partial charge in [0.1, 0.15) is 16.4 Å². The van der Waals surface area contributed by atoms with Crippen LogP contribution in [0.15, 0.2) is 65.6 Å². The zero-order valence-electron chi connectivity index (χ0n) is 18.5. The summed E-state index contributed by atoms with van der Waals surface area (Å²) in [6.07, 6.45) is -3.95. The van der Waals surface area contributed by atoms with E-state index in [4.69, 9.17) is 9.47 Å². The topological polar surface area (TPSA) is 67.9 Å². The minimum atomic E-state index is -4.64. The van der Waals surface area contributed by atoms with E-state index in [-0.39, 0.29) is 22.1 Å². The Kier molecular flexibility index (Phi) is 6.35. The summed E-state index contributed by atoms with van der Waals surface area (Å²) in [5.74, 6) is 0.298. The van der Waals surface area contributed by atoms with Crippen molar-refractivity contribution in [2.24, 2.45) is 0 Å². The monoisotopic (exact) mass is 492 g/mol. The fourth-order valence-corrected chi connectivity index (χ4v) is 5.22. The average molecular weight is 493 g/mol. The Balaban J connectivity index is 1.77. The number of hydrogen-bond acceptors (Lipinski definition) is 5. The van der Waals surface area contributed by atoms with Gasteiger partial charge in [0.2, 0.25) is 0 Å². The summed E-state index contributed by atoms with van der Waals surface area (Å²) in [4.78, 5) is 1.62. The van der Waals surface area contributed by atoms with Crippen molar-refractivity contribution < 1.29 is 31.1 Å². The molecule has 1 heterocycles. The second kappa shape index (κ2) is 9.09. The molecule has 10 heteroatoms. The normalized spacial score (nSPS) is 13.9.